The first-order valence-corrected chi connectivity index (χ1v) is 10.6. The third-order valence-electron chi connectivity index (χ3n) is 5.65. The van der Waals surface area contributed by atoms with E-state index in [9.17, 15) is 14.4 Å². The largest absolute Gasteiger partial charge is 0.497 e. The van der Waals surface area contributed by atoms with E-state index in [0.29, 0.717) is 5.69 Å². The molecule has 0 saturated heterocycles. The highest BCUT2D eigenvalue weighted by Crippen LogP contribution is 2.19. The number of ether oxygens (including phenoxy) is 1. The van der Waals surface area contributed by atoms with Gasteiger partial charge in [0.05, 0.1) is 24.8 Å². The van der Waals surface area contributed by atoms with Gasteiger partial charge in [-0.25, -0.2) is 9.67 Å². The molecule has 3 aromatic rings. The van der Waals surface area contributed by atoms with Gasteiger partial charge in [-0.15, -0.1) is 0 Å². The van der Waals surface area contributed by atoms with Gasteiger partial charge in [-0.3, -0.25) is 19.0 Å². The number of aryl methyl sites for hydroxylation is 2. The van der Waals surface area contributed by atoms with Gasteiger partial charge >= 0.3 is 0 Å². The normalized spacial score (nSPS) is 13.4. The number of nitrogens with zero attached hydrogens (tertiary/aromatic N) is 4. The summed E-state index contributed by atoms with van der Waals surface area (Å²) < 4.78 is 7.80. The van der Waals surface area contributed by atoms with Crippen molar-refractivity contribution in [3.05, 3.63) is 74.7 Å². The van der Waals surface area contributed by atoms with Crippen LogP contribution in [0, 0.1) is 0 Å². The molecule has 1 atom stereocenters. The third kappa shape index (κ3) is 4.46. The van der Waals surface area contributed by atoms with Crippen LogP contribution in [0.15, 0.2) is 52.3 Å². The molecule has 9 heteroatoms. The molecule has 2 heterocycles. The molecule has 0 saturated carbocycles. The van der Waals surface area contributed by atoms with Gasteiger partial charge in [0.1, 0.15) is 11.8 Å². The number of amides is 1. The molecule has 32 heavy (non-hydrogen) atoms. The second-order valence-corrected chi connectivity index (χ2v) is 7.75. The number of methoxy groups -OCH3 is 1. The van der Waals surface area contributed by atoms with Crippen LogP contribution in [-0.2, 0) is 24.2 Å². The smallest absolute Gasteiger partial charge is 0.267 e. The molecule has 4 rings (SSSR count). The standard InChI is InChI=1S/C23H25N5O4/c1-15(28-22(30)12-17-4-3-5-19(17)26-28)23(31)24-10-11-27-14-25-20(13-21(27)29)16-6-8-18(32-2)9-7-16/h6-9,12-15H,3-5,10-11H2,1-2H3,(H,24,31). The maximum atomic E-state index is 12.5. The average molecular weight is 435 g/mol. The molecular weight excluding hydrogens is 410 g/mol. The van der Waals surface area contributed by atoms with Gasteiger partial charge in [0, 0.05) is 30.8 Å². The lowest BCUT2D eigenvalue weighted by atomic mass is 10.1. The molecule has 166 valence electrons. The molecule has 1 aromatic carbocycles. The van der Waals surface area contributed by atoms with Gasteiger partial charge in [0.15, 0.2) is 0 Å². The number of carbonyl (C=O) groups excluding carboxylic acids is 1. The number of carbonyl (C=O) groups is 1. The van der Waals surface area contributed by atoms with Crippen LogP contribution in [0.5, 0.6) is 5.75 Å². The van der Waals surface area contributed by atoms with Crippen molar-refractivity contribution < 1.29 is 9.53 Å². The Morgan fingerprint density at radius 3 is 2.66 bits per heavy atom. The molecule has 1 unspecified atom stereocenters. The number of hydrogen-bond donors (Lipinski definition) is 1. The average Bonchev–Trinajstić information content (AvgIpc) is 3.26. The van der Waals surface area contributed by atoms with Gasteiger partial charge < -0.3 is 10.1 Å². The fourth-order valence-electron chi connectivity index (χ4n) is 3.76. The van der Waals surface area contributed by atoms with Crippen molar-refractivity contribution in [3.8, 4) is 17.0 Å². The van der Waals surface area contributed by atoms with E-state index < -0.39 is 6.04 Å². The highest BCUT2D eigenvalue weighted by Gasteiger charge is 2.21. The topological polar surface area (TPSA) is 108 Å². The Hall–Kier alpha value is -3.75. The summed E-state index contributed by atoms with van der Waals surface area (Å²) >= 11 is 0. The van der Waals surface area contributed by atoms with Crippen LogP contribution in [0.4, 0.5) is 0 Å². The summed E-state index contributed by atoms with van der Waals surface area (Å²) in [5.74, 6) is 0.401. The molecule has 1 amide bonds. The van der Waals surface area contributed by atoms with E-state index in [2.05, 4.69) is 15.4 Å². The third-order valence-corrected chi connectivity index (χ3v) is 5.65. The Morgan fingerprint density at radius 2 is 1.94 bits per heavy atom. The number of nitrogens with one attached hydrogen (secondary N) is 1. The van der Waals surface area contributed by atoms with Crippen LogP contribution in [0.25, 0.3) is 11.3 Å². The molecule has 0 fully saturated rings. The summed E-state index contributed by atoms with van der Waals surface area (Å²) in [7, 11) is 1.59. The number of aromatic nitrogens is 4. The lowest BCUT2D eigenvalue weighted by molar-refractivity contribution is -0.124. The van der Waals surface area contributed by atoms with Crippen LogP contribution in [-0.4, -0.2) is 38.9 Å². The molecule has 0 bridgehead atoms. The lowest BCUT2D eigenvalue weighted by Gasteiger charge is -2.15. The second kappa shape index (κ2) is 9.17. The van der Waals surface area contributed by atoms with Gasteiger partial charge in [-0.1, -0.05) is 0 Å². The molecule has 0 radical (unpaired) electrons. The summed E-state index contributed by atoms with van der Waals surface area (Å²) in [6, 6.07) is 9.58. The predicted octanol–water partition coefficient (Wildman–Crippen LogP) is 1.34. The summed E-state index contributed by atoms with van der Waals surface area (Å²) in [4.78, 5) is 41.6. The van der Waals surface area contributed by atoms with Crippen molar-refractivity contribution in [2.45, 2.75) is 38.8 Å². The van der Waals surface area contributed by atoms with Gasteiger partial charge in [-0.2, -0.15) is 5.10 Å². The first kappa shape index (κ1) is 21.5. The van der Waals surface area contributed by atoms with Crippen molar-refractivity contribution in [3.63, 3.8) is 0 Å². The molecular formula is C23H25N5O4. The van der Waals surface area contributed by atoms with Crippen molar-refractivity contribution in [2.24, 2.45) is 0 Å². The van der Waals surface area contributed by atoms with Crippen molar-refractivity contribution >= 4 is 5.91 Å². The Labute approximate surface area is 184 Å². The monoisotopic (exact) mass is 435 g/mol. The van der Waals surface area contributed by atoms with Crippen LogP contribution in [0.2, 0.25) is 0 Å². The Bertz CT molecular complexity index is 1250. The summed E-state index contributed by atoms with van der Waals surface area (Å²) in [6.07, 6.45) is 4.13. The predicted molar refractivity (Wildman–Crippen MR) is 119 cm³/mol. The highest BCUT2D eigenvalue weighted by atomic mass is 16.5. The number of fused-ring (bicyclic) bond motifs is 1. The van der Waals surface area contributed by atoms with E-state index in [-0.39, 0.29) is 30.1 Å². The molecule has 2 aromatic heterocycles. The van der Waals surface area contributed by atoms with Crippen LogP contribution in [0.1, 0.15) is 30.6 Å². The number of rotatable bonds is 7. The van der Waals surface area contributed by atoms with E-state index in [4.69, 9.17) is 4.74 Å². The minimum atomic E-state index is -0.735. The zero-order valence-electron chi connectivity index (χ0n) is 18.1. The highest BCUT2D eigenvalue weighted by molar-refractivity contribution is 5.79. The van der Waals surface area contributed by atoms with Gasteiger partial charge in [0.2, 0.25) is 5.91 Å². The van der Waals surface area contributed by atoms with Crippen LogP contribution >= 0.6 is 0 Å². The Morgan fingerprint density at radius 1 is 1.16 bits per heavy atom. The Balaban J connectivity index is 1.37. The van der Waals surface area contributed by atoms with Crippen LogP contribution < -0.4 is 21.2 Å². The van der Waals surface area contributed by atoms with Crippen molar-refractivity contribution in [1.29, 1.82) is 0 Å². The maximum absolute atomic E-state index is 12.5. The molecule has 1 aliphatic rings. The minimum absolute atomic E-state index is 0.218. The lowest BCUT2D eigenvalue weighted by Crippen LogP contribution is -2.39. The van der Waals surface area contributed by atoms with Gasteiger partial charge in [-0.05, 0) is 56.0 Å². The zero-order valence-corrected chi connectivity index (χ0v) is 18.1. The first-order valence-electron chi connectivity index (χ1n) is 10.6. The van der Waals surface area contributed by atoms with Crippen molar-refractivity contribution in [2.75, 3.05) is 13.7 Å². The fraction of sp³-hybridized carbons (Fsp3) is 0.348. The Kier molecular flexibility index (Phi) is 6.16. The van der Waals surface area contributed by atoms with E-state index in [0.717, 1.165) is 41.8 Å². The van der Waals surface area contributed by atoms with E-state index >= 15 is 0 Å². The number of hydrogen-bond acceptors (Lipinski definition) is 6. The van der Waals surface area contributed by atoms with Crippen molar-refractivity contribution in [1.82, 2.24) is 24.6 Å². The first-order chi connectivity index (χ1) is 15.5. The molecule has 0 spiro atoms. The number of benzene rings is 1. The molecule has 1 N–H and O–H groups in total. The molecule has 9 nitrogen and oxygen atoms in total. The van der Waals surface area contributed by atoms with Crippen LogP contribution in [0.3, 0.4) is 0 Å². The van der Waals surface area contributed by atoms with E-state index in [1.807, 2.05) is 12.1 Å². The molecule has 0 aliphatic heterocycles. The SMILES string of the molecule is COc1ccc(-c2cc(=O)n(CCNC(=O)C(C)n3nc4c(cc3=O)CCC4)cn2)cc1. The summed E-state index contributed by atoms with van der Waals surface area (Å²) in [5.41, 5.74) is 2.74. The van der Waals surface area contributed by atoms with Gasteiger partial charge in [0.25, 0.3) is 11.1 Å². The quantitative estimate of drug-likeness (QED) is 0.600. The van der Waals surface area contributed by atoms with E-state index in [1.54, 1.807) is 32.2 Å². The summed E-state index contributed by atoms with van der Waals surface area (Å²) in [6.45, 7) is 2.13. The fourth-order valence-corrected chi connectivity index (χ4v) is 3.76. The zero-order chi connectivity index (χ0) is 22.7. The van der Waals surface area contributed by atoms with E-state index in [1.165, 1.54) is 21.6 Å². The minimum Gasteiger partial charge on any atom is -0.497 e. The summed E-state index contributed by atoms with van der Waals surface area (Å²) in [5, 5.41) is 7.14. The second-order valence-electron chi connectivity index (χ2n) is 7.75. The molecule has 1 aliphatic carbocycles. The maximum Gasteiger partial charge on any atom is 0.267 e.